The number of hydrogen-bond donors (Lipinski definition) is 0. The number of rotatable bonds is 3. The van der Waals surface area contributed by atoms with E-state index in [1.54, 1.807) is 0 Å². The number of halogens is 6. The molecule has 0 spiro atoms. The van der Waals surface area contributed by atoms with Gasteiger partial charge in [-0.1, -0.05) is 11.6 Å². The molecule has 0 aliphatic carbocycles. The van der Waals surface area contributed by atoms with Gasteiger partial charge in [-0.25, -0.2) is 13.5 Å². The number of aldehydes is 1. The van der Waals surface area contributed by atoms with Crippen molar-refractivity contribution >= 4 is 17.9 Å². The van der Waals surface area contributed by atoms with Gasteiger partial charge in [-0.05, 0) is 24.3 Å². The molecule has 1 heterocycles. The van der Waals surface area contributed by atoms with Gasteiger partial charge in [0.05, 0.1) is 16.8 Å². The summed E-state index contributed by atoms with van der Waals surface area (Å²) in [5, 5.41) is 3.08. The Morgan fingerprint density at radius 1 is 1.19 bits per heavy atom. The van der Waals surface area contributed by atoms with Crippen molar-refractivity contribution in [2.75, 3.05) is 0 Å². The van der Waals surface area contributed by atoms with Gasteiger partial charge >= 0.3 is 6.18 Å². The minimum atomic E-state index is -4.52. The zero-order valence-electron chi connectivity index (χ0n) is 10.0. The fourth-order valence-corrected chi connectivity index (χ4v) is 1.93. The summed E-state index contributed by atoms with van der Waals surface area (Å²) >= 11 is 5.75. The van der Waals surface area contributed by atoms with E-state index in [-0.39, 0.29) is 17.1 Å². The minimum absolute atomic E-state index is 0.0306. The van der Waals surface area contributed by atoms with Crippen molar-refractivity contribution in [2.24, 2.45) is 0 Å². The Morgan fingerprint density at radius 2 is 1.76 bits per heavy atom. The lowest BCUT2D eigenvalue weighted by atomic mass is 10.2. The predicted molar refractivity (Wildman–Crippen MR) is 63.9 cm³/mol. The average molecular weight is 325 g/mol. The molecule has 2 rings (SSSR count). The third-order valence-electron chi connectivity index (χ3n) is 2.66. The summed E-state index contributed by atoms with van der Waals surface area (Å²) in [6, 6.07) is 3.56. The molecule has 0 bridgehead atoms. The van der Waals surface area contributed by atoms with Crippen molar-refractivity contribution in [3.63, 3.8) is 0 Å². The average Bonchev–Trinajstić information content (AvgIpc) is 2.75. The Hall–Kier alpha value is -1.96. The molecule has 0 saturated carbocycles. The van der Waals surface area contributed by atoms with Crippen molar-refractivity contribution in [1.82, 2.24) is 9.78 Å². The van der Waals surface area contributed by atoms with E-state index in [2.05, 4.69) is 5.10 Å². The Labute approximate surface area is 119 Å². The van der Waals surface area contributed by atoms with Crippen LogP contribution in [0.2, 0.25) is 5.15 Å². The maximum Gasteiger partial charge on any atom is 0.416 e. The van der Waals surface area contributed by atoms with E-state index in [0.29, 0.717) is 0 Å². The largest absolute Gasteiger partial charge is 0.416 e. The lowest BCUT2D eigenvalue weighted by Crippen LogP contribution is -2.05. The first-order valence-corrected chi connectivity index (χ1v) is 5.83. The van der Waals surface area contributed by atoms with Gasteiger partial charge in [-0.15, -0.1) is 0 Å². The van der Waals surface area contributed by atoms with Crippen LogP contribution < -0.4 is 0 Å². The maximum atomic E-state index is 12.7. The molecule has 0 unspecified atom stereocenters. The highest BCUT2D eigenvalue weighted by Crippen LogP contribution is 2.32. The number of nitrogens with zero attached hydrogens (tertiary/aromatic N) is 2. The van der Waals surface area contributed by atoms with Crippen molar-refractivity contribution in [3.8, 4) is 5.69 Å². The summed E-state index contributed by atoms with van der Waals surface area (Å²) < 4.78 is 63.5. The molecule has 0 saturated heterocycles. The van der Waals surface area contributed by atoms with Gasteiger partial charge in [-0.2, -0.15) is 18.3 Å². The predicted octanol–water partition coefficient (Wildman–Crippen LogP) is 4.29. The molecular formula is C12H6ClF5N2O. The van der Waals surface area contributed by atoms with E-state index in [9.17, 15) is 26.7 Å². The van der Waals surface area contributed by atoms with Gasteiger partial charge in [0.2, 0.25) is 0 Å². The summed E-state index contributed by atoms with van der Waals surface area (Å²) in [6.07, 6.45) is -7.43. The van der Waals surface area contributed by atoms with Gasteiger partial charge in [0, 0.05) is 0 Å². The topological polar surface area (TPSA) is 34.9 Å². The Morgan fingerprint density at radius 3 is 2.14 bits per heavy atom. The number of benzene rings is 1. The third kappa shape index (κ3) is 2.90. The first kappa shape index (κ1) is 15.4. The van der Waals surface area contributed by atoms with Crippen LogP contribution in [0.15, 0.2) is 24.3 Å². The van der Waals surface area contributed by atoms with Crippen LogP contribution in [-0.2, 0) is 6.18 Å². The minimum Gasteiger partial charge on any atom is -0.298 e. The molecule has 1 aromatic heterocycles. The molecule has 21 heavy (non-hydrogen) atoms. The van der Waals surface area contributed by atoms with Crippen LogP contribution in [0.1, 0.15) is 28.0 Å². The van der Waals surface area contributed by atoms with Crippen LogP contribution in [-0.4, -0.2) is 16.1 Å². The molecule has 0 N–H and O–H groups in total. The number of hydrogen-bond acceptors (Lipinski definition) is 2. The second kappa shape index (κ2) is 5.44. The van der Waals surface area contributed by atoms with Crippen molar-refractivity contribution in [3.05, 3.63) is 46.2 Å². The molecule has 0 aliphatic rings. The third-order valence-corrected chi connectivity index (χ3v) is 3.02. The number of aromatic nitrogens is 2. The van der Waals surface area contributed by atoms with E-state index >= 15 is 0 Å². The van der Waals surface area contributed by atoms with Crippen molar-refractivity contribution in [1.29, 1.82) is 0 Å². The fraction of sp³-hybridized carbons (Fsp3) is 0.167. The molecule has 0 atom stereocenters. The summed E-state index contributed by atoms with van der Waals surface area (Å²) in [6.45, 7) is 0. The maximum absolute atomic E-state index is 12.7. The smallest absolute Gasteiger partial charge is 0.298 e. The molecular weight excluding hydrogens is 319 g/mol. The van der Waals surface area contributed by atoms with Crippen molar-refractivity contribution in [2.45, 2.75) is 12.6 Å². The van der Waals surface area contributed by atoms with E-state index in [1.807, 2.05) is 0 Å². The van der Waals surface area contributed by atoms with Crippen LogP contribution in [0.25, 0.3) is 5.69 Å². The number of alkyl halides is 5. The lowest BCUT2D eigenvalue weighted by molar-refractivity contribution is -0.137. The summed E-state index contributed by atoms with van der Waals surface area (Å²) in [7, 11) is 0. The molecule has 0 fully saturated rings. The van der Waals surface area contributed by atoms with Gasteiger partial charge in [0.25, 0.3) is 6.43 Å². The zero-order chi connectivity index (χ0) is 15.8. The van der Waals surface area contributed by atoms with Crippen LogP contribution in [0.3, 0.4) is 0 Å². The van der Waals surface area contributed by atoms with Crippen LogP contribution in [0.5, 0.6) is 0 Å². The highest BCUT2D eigenvalue weighted by atomic mass is 35.5. The van der Waals surface area contributed by atoms with E-state index in [0.717, 1.165) is 28.9 Å². The first-order chi connectivity index (χ1) is 9.75. The first-order valence-electron chi connectivity index (χ1n) is 5.45. The van der Waals surface area contributed by atoms with Gasteiger partial charge in [0.15, 0.2) is 6.29 Å². The van der Waals surface area contributed by atoms with Gasteiger partial charge in [0.1, 0.15) is 10.8 Å². The van der Waals surface area contributed by atoms with Crippen LogP contribution in [0, 0.1) is 0 Å². The molecule has 0 amide bonds. The molecule has 0 aliphatic heterocycles. The molecule has 9 heteroatoms. The number of carbonyl (C=O) groups excluding carboxylic acids is 1. The molecule has 3 nitrogen and oxygen atoms in total. The molecule has 112 valence electrons. The second-order valence-electron chi connectivity index (χ2n) is 3.96. The molecule has 1 aromatic carbocycles. The summed E-state index contributed by atoms with van der Waals surface area (Å²) in [5.41, 5.74) is -2.19. The van der Waals surface area contributed by atoms with Crippen molar-refractivity contribution < 1.29 is 26.7 Å². The monoisotopic (exact) mass is 324 g/mol. The van der Waals surface area contributed by atoms with E-state index in [1.165, 1.54) is 0 Å². The van der Waals surface area contributed by atoms with Gasteiger partial charge in [-0.3, -0.25) is 4.79 Å². The van der Waals surface area contributed by atoms with E-state index in [4.69, 9.17) is 11.6 Å². The highest BCUT2D eigenvalue weighted by molar-refractivity contribution is 6.32. The standard InChI is InChI=1S/C12H6ClF5N2O/c13-10-8(5-21)9(11(14)15)19-20(10)7-3-1-6(2-4-7)12(16,17)18/h1-5,11H. The number of carbonyl (C=O) groups is 1. The quantitative estimate of drug-likeness (QED) is 0.623. The lowest BCUT2D eigenvalue weighted by Gasteiger charge is -2.08. The highest BCUT2D eigenvalue weighted by Gasteiger charge is 2.30. The molecule has 2 aromatic rings. The Balaban J connectivity index is 2.50. The van der Waals surface area contributed by atoms with Crippen LogP contribution >= 0.6 is 11.6 Å². The fourth-order valence-electron chi connectivity index (χ4n) is 1.66. The molecule has 0 radical (unpaired) electrons. The normalized spacial score (nSPS) is 12.0. The SMILES string of the molecule is O=Cc1c(C(F)F)nn(-c2ccc(C(F)(F)F)cc2)c1Cl. The Bertz CT molecular complexity index is 664. The van der Waals surface area contributed by atoms with E-state index < -0.39 is 29.4 Å². The summed E-state index contributed by atoms with van der Waals surface area (Å²) in [5.74, 6) is 0. The van der Waals surface area contributed by atoms with Crippen LogP contribution in [0.4, 0.5) is 22.0 Å². The summed E-state index contributed by atoms with van der Waals surface area (Å²) in [4.78, 5) is 10.8. The van der Waals surface area contributed by atoms with Gasteiger partial charge < -0.3 is 0 Å². The Kier molecular flexibility index (Phi) is 3.99. The zero-order valence-corrected chi connectivity index (χ0v) is 10.8. The second-order valence-corrected chi connectivity index (χ2v) is 4.32.